The van der Waals surface area contributed by atoms with E-state index in [9.17, 15) is 9.36 Å². The molecule has 0 aliphatic heterocycles. The predicted molar refractivity (Wildman–Crippen MR) is 49.1 cm³/mol. The molecule has 0 aromatic carbocycles. The molecule has 0 fully saturated rings. The second-order valence-corrected chi connectivity index (χ2v) is 6.21. The van der Waals surface area contributed by atoms with Crippen LogP contribution in [0.3, 0.4) is 0 Å². The Kier molecular flexibility index (Phi) is 4.50. The number of nitrogens with zero attached hydrogens (tertiary/aromatic N) is 1. The SMILES string of the molecule is COC(=O)C=NP(=O)(Cl)C(C)C. The molecule has 1 atom stereocenters. The van der Waals surface area contributed by atoms with Gasteiger partial charge in [-0.1, -0.05) is 13.8 Å². The van der Waals surface area contributed by atoms with E-state index in [1.165, 1.54) is 7.11 Å². The zero-order chi connectivity index (χ0) is 9.78. The van der Waals surface area contributed by atoms with Gasteiger partial charge in [0.25, 0.3) is 6.65 Å². The number of methoxy groups -OCH3 is 1. The molecule has 0 aromatic rings. The highest BCUT2D eigenvalue weighted by Gasteiger charge is 2.21. The molecule has 0 aromatic heterocycles. The van der Waals surface area contributed by atoms with E-state index >= 15 is 0 Å². The van der Waals surface area contributed by atoms with Gasteiger partial charge >= 0.3 is 5.97 Å². The van der Waals surface area contributed by atoms with Gasteiger partial charge in [0.1, 0.15) is 6.21 Å². The van der Waals surface area contributed by atoms with Crippen molar-refractivity contribution in [3.63, 3.8) is 0 Å². The Balaban J connectivity index is 4.34. The number of hydrogen-bond donors (Lipinski definition) is 0. The first-order valence-corrected chi connectivity index (χ1v) is 5.96. The van der Waals surface area contributed by atoms with Crippen LogP contribution in [0.4, 0.5) is 0 Å². The fourth-order valence-electron chi connectivity index (χ4n) is 0.312. The maximum atomic E-state index is 11.3. The average molecular weight is 212 g/mol. The van der Waals surface area contributed by atoms with Crippen LogP contribution in [0.1, 0.15) is 13.8 Å². The van der Waals surface area contributed by atoms with Crippen molar-refractivity contribution in [3.8, 4) is 0 Å². The Hall–Kier alpha value is -0.340. The van der Waals surface area contributed by atoms with Crippen molar-refractivity contribution in [1.82, 2.24) is 0 Å². The van der Waals surface area contributed by atoms with Crippen molar-refractivity contribution in [2.75, 3.05) is 7.11 Å². The van der Waals surface area contributed by atoms with Crippen LogP contribution in [0, 0.1) is 0 Å². The van der Waals surface area contributed by atoms with Crippen molar-refractivity contribution in [1.29, 1.82) is 0 Å². The first-order valence-electron chi connectivity index (χ1n) is 3.33. The predicted octanol–water partition coefficient (Wildman–Crippen LogP) is 2.07. The molecular weight excluding hydrogens is 200 g/mol. The summed E-state index contributed by atoms with van der Waals surface area (Å²) in [5, 5.41) is 0. The zero-order valence-electron chi connectivity index (χ0n) is 7.15. The van der Waals surface area contributed by atoms with Gasteiger partial charge in [0.2, 0.25) is 0 Å². The highest BCUT2D eigenvalue weighted by molar-refractivity contribution is 7.88. The molecule has 0 saturated heterocycles. The lowest BCUT2D eigenvalue weighted by molar-refractivity contribution is -0.132. The molecule has 0 spiro atoms. The Morgan fingerprint density at radius 2 is 2.17 bits per heavy atom. The van der Waals surface area contributed by atoms with Crippen LogP contribution in [0.5, 0.6) is 0 Å². The van der Waals surface area contributed by atoms with Crippen LogP contribution in [0.15, 0.2) is 4.76 Å². The third kappa shape index (κ3) is 3.88. The van der Waals surface area contributed by atoms with Gasteiger partial charge < -0.3 is 4.74 Å². The Bertz CT molecular complexity index is 239. The van der Waals surface area contributed by atoms with Gasteiger partial charge in [-0.05, 0) is 11.2 Å². The average Bonchev–Trinajstić information content (AvgIpc) is 2.00. The summed E-state index contributed by atoms with van der Waals surface area (Å²) in [5.41, 5.74) is -0.278. The summed E-state index contributed by atoms with van der Waals surface area (Å²) >= 11 is 5.52. The van der Waals surface area contributed by atoms with Gasteiger partial charge in [-0.2, -0.15) is 0 Å². The molecule has 4 nitrogen and oxygen atoms in total. The third-order valence-corrected chi connectivity index (χ3v) is 4.30. The van der Waals surface area contributed by atoms with E-state index in [0.717, 1.165) is 6.21 Å². The lowest BCUT2D eigenvalue weighted by atomic mass is 10.6. The monoisotopic (exact) mass is 211 g/mol. The molecule has 70 valence electrons. The molecule has 12 heavy (non-hydrogen) atoms. The molecule has 0 rings (SSSR count). The Morgan fingerprint density at radius 1 is 1.67 bits per heavy atom. The largest absolute Gasteiger partial charge is 0.465 e. The maximum absolute atomic E-state index is 11.3. The Labute approximate surface area is 76.2 Å². The second kappa shape index (κ2) is 4.63. The number of esters is 1. The summed E-state index contributed by atoms with van der Waals surface area (Å²) in [7, 11) is 1.21. The number of carbonyl (C=O) groups excluding carboxylic acids is 1. The minimum Gasteiger partial charge on any atom is -0.465 e. The fourth-order valence-corrected chi connectivity index (χ4v) is 0.961. The quantitative estimate of drug-likeness (QED) is 0.408. The zero-order valence-corrected chi connectivity index (χ0v) is 8.80. The molecule has 0 amide bonds. The normalized spacial score (nSPS) is 16.4. The highest BCUT2D eigenvalue weighted by atomic mass is 35.7. The van der Waals surface area contributed by atoms with Crippen LogP contribution in [0.2, 0.25) is 0 Å². The van der Waals surface area contributed by atoms with Crippen molar-refractivity contribution in [2.45, 2.75) is 19.5 Å². The second-order valence-electron chi connectivity index (χ2n) is 2.41. The summed E-state index contributed by atoms with van der Waals surface area (Å²) in [6, 6.07) is 0. The number of ether oxygens (including phenoxy) is 1. The van der Waals surface area contributed by atoms with Crippen LogP contribution < -0.4 is 0 Å². The number of halogens is 1. The first-order chi connectivity index (χ1) is 5.40. The Morgan fingerprint density at radius 3 is 2.50 bits per heavy atom. The molecule has 0 bridgehead atoms. The summed E-state index contributed by atoms with van der Waals surface area (Å²) in [6.07, 6.45) is 0.841. The van der Waals surface area contributed by atoms with Gasteiger partial charge in [-0.3, -0.25) is 4.57 Å². The summed E-state index contributed by atoms with van der Waals surface area (Å²) in [5.74, 6) is -0.656. The minimum absolute atomic E-state index is 0.278. The summed E-state index contributed by atoms with van der Waals surface area (Å²) in [6.45, 7) is 0.247. The van der Waals surface area contributed by atoms with Crippen molar-refractivity contribution in [3.05, 3.63) is 0 Å². The topological polar surface area (TPSA) is 55.7 Å². The smallest absolute Gasteiger partial charge is 0.349 e. The van der Waals surface area contributed by atoms with E-state index in [1.807, 2.05) is 0 Å². The fraction of sp³-hybridized carbons (Fsp3) is 0.667. The summed E-state index contributed by atoms with van der Waals surface area (Å²) in [4.78, 5) is 10.5. The van der Waals surface area contributed by atoms with Crippen molar-refractivity contribution < 1.29 is 14.1 Å². The van der Waals surface area contributed by atoms with Gasteiger partial charge in [0.05, 0.1) is 7.11 Å². The molecule has 0 saturated carbocycles. The van der Waals surface area contributed by atoms with Crippen molar-refractivity contribution >= 4 is 30.1 Å². The molecule has 0 heterocycles. The van der Waals surface area contributed by atoms with E-state index in [0.29, 0.717) is 0 Å². The van der Waals surface area contributed by atoms with Crippen LogP contribution >= 0.6 is 17.9 Å². The number of hydrogen-bond acceptors (Lipinski definition) is 3. The van der Waals surface area contributed by atoms with Gasteiger partial charge in [-0.15, -0.1) is 0 Å². The molecular formula is C6H11ClNO3P. The molecule has 0 aliphatic rings. The van der Waals surface area contributed by atoms with E-state index in [-0.39, 0.29) is 5.66 Å². The third-order valence-electron chi connectivity index (χ3n) is 1.16. The van der Waals surface area contributed by atoms with Gasteiger partial charge in [0, 0.05) is 5.66 Å². The van der Waals surface area contributed by atoms with E-state index in [4.69, 9.17) is 11.2 Å². The molecule has 6 heteroatoms. The van der Waals surface area contributed by atoms with Gasteiger partial charge in [0.15, 0.2) is 0 Å². The van der Waals surface area contributed by atoms with Crippen LogP contribution in [-0.4, -0.2) is 25.0 Å². The van der Waals surface area contributed by atoms with E-state index in [1.54, 1.807) is 13.8 Å². The molecule has 1 unspecified atom stereocenters. The maximum Gasteiger partial charge on any atom is 0.349 e. The molecule has 0 radical (unpaired) electrons. The first kappa shape index (κ1) is 11.7. The van der Waals surface area contributed by atoms with E-state index < -0.39 is 12.6 Å². The molecule has 0 aliphatic carbocycles. The standard InChI is InChI=1S/C6H11ClNO3P/c1-5(2)12(7,10)8-4-6(9)11-3/h4-5H,1-3H3. The van der Waals surface area contributed by atoms with Crippen LogP contribution in [0.25, 0.3) is 0 Å². The molecule has 0 N–H and O–H groups in total. The minimum atomic E-state index is -3.09. The number of carbonyl (C=O) groups is 1. The van der Waals surface area contributed by atoms with E-state index in [2.05, 4.69) is 9.50 Å². The lowest BCUT2D eigenvalue weighted by Crippen LogP contribution is -2.01. The summed E-state index contributed by atoms with van der Waals surface area (Å²) < 4.78 is 19.0. The van der Waals surface area contributed by atoms with Gasteiger partial charge in [-0.25, -0.2) is 9.56 Å². The number of rotatable bonds is 3. The van der Waals surface area contributed by atoms with Crippen LogP contribution in [-0.2, 0) is 14.1 Å². The van der Waals surface area contributed by atoms with Crippen molar-refractivity contribution in [2.24, 2.45) is 4.76 Å². The highest BCUT2D eigenvalue weighted by Crippen LogP contribution is 2.56. The lowest BCUT2D eigenvalue weighted by Gasteiger charge is -2.06.